The molecule has 0 unspecified atom stereocenters. The van der Waals surface area contributed by atoms with E-state index >= 15 is 0 Å². The number of benzene rings is 2. The van der Waals surface area contributed by atoms with Gasteiger partial charge in [0.15, 0.2) is 5.82 Å². The molecule has 1 aliphatic rings. The summed E-state index contributed by atoms with van der Waals surface area (Å²) in [7, 11) is 0. The van der Waals surface area contributed by atoms with Crippen LogP contribution >= 0.6 is 0 Å². The minimum Gasteiger partial charge on any atom is -0.507 e. The fourth-order valence-corrected chi connectivity index (χ4v) is 3.80. The Hall–Kier alpha value is -3.19. The summed E-state index contributed by atoms with van der Waals surface area (Å²) < 4.78 is 0. The van der Waals surface area contributed by atoms with Crippen LogP contribution in [0.4, 0.5) is 5.82 Å². The molecule has 1 aromatic heterocycles. The lowest BCUT2D eigenvalue weighted by Gasteiger charge is -2.34. The van der Waals surface area contributed by atoms with E-state index in [0.29, 0.717) is 17.8 Å². The first-order chi connectivity index (χ1) is 14.6. The summed E-state index contributed by atoms with van der Waals surface area (Å²) in [6.45, 7) is 3.25. The summed E-state index contributed by atoms with van der Waals surface area (Å²) in [6.07, 6.45) is 1.00. The molecule has 1 atom stereocenters. The van der Waals surface area contributed by atoms with Gasteiger partial charge in [-0.25, -0.2) is 9.97 Å². The third-order valence-electron chi connectivity index (χ3n) is 5.56. The molecular formula is C23H28N4O3. The maximum absolute atomic E-state index is 12.0. The number of hydrogen-bond donors (Lipinski definition) is 3. The van der Waals surface area contributed by atoms with Gasteiger partial charge in [0.1, 0.15) is 17.7 Å². The van der Waals surface area contributed by atoms with Crippen LogP contribution in [0.15, 0.2) is 48.5 Å². The van der Waals surface area contributed by atoms with Crippen molar-refractivity contribution in [1.29, 1.82) is 0 Å². The molecule has 158 valence electrons. The Morgan fingerprint density at radius 2 is 1.87 bits per heavy atom. The van der Waals surface area contributed by atoms with Crippen LogP contribution in [0.2, 0.25) is 0 Å². The highest BCUT2D eigenvalue weighted by molar-refractivity contribution is 5.91. The summed E-state index contributed by atoms with van der Waals surface area (Å²) in [4.78, 5) is 23.7. The number of piperidine rings is 1. The highest BCUT2D eigenvalue weighted by atomic mass is 16.3. The summed E-state index contributed by atoms with van der Waals surface area (Å²) in [5.41, 5.74) is 1.42. The van der Waals surface area contributed by atoms with Crippen molar-refractivity contribution in [3.63, 3.8) is 0 Å². The Balaban J connectivity index is 0.00000272. The minimum atomic E-state index is -0.949. The van der Waals surface area contributed by atoms with Gasteiger partial charge in [-0.2, -0.15) is 0 Å². The number of phenols is 1. The van der Waals surface area contributed by atoms with Crippen LogP contribution in [0, 0.1) is 0 Å². The van der Waals surface area contributed by atoms with Crippen molar-refractivity contribution in [2.24, 2.45) is 0 Å². The first-order valence-electron chi connectivity index (χ1n) is 10.4. The van der Waals surface area contributed by atoms with Gasteiger partial charge in [0.2, 0.25) is 5.91 Å². The van der Waals surface area contributed by atoms with Gasteiger partial charge in [-0.3, -0.25) is 4.79 Å². The normalized spacial score (nSPS) is 15.9. The highest BCUT2D eigenvalue weighted by Crippen LogP contribution is 2.32. The lowest BCUT2D eigenvalue weighted by molar-refractivity contribution is -0.130. The van der Waals surface area contributed by atoms with Gasteiger partial charge >= 0.3 is 0 Å². The number of nitrogens with one attached hydrogen (secondary N) is 1. The number of aliphatic hydroxyl groups excluding tert-OH is 1. The molecule has 3 N–H and O–H groups in total. The lowest BCUT2D eigenvalue weighted by Crippen LogP contribution is -2.47. The Kier molecular flexibility index (Phi) is 5.81. The van der Waals surface area contributed by atoms with Crippen molar-refractivity contribution in [2.75, 3.05) is 18.0 Å². The van der Waals surface area contributed by atoms with E-state index < -0.39 is 6.10 Å². The van der Waals surface area contributed by atoms with Crippen molar-refractivity contribution in [3.8, 4) is 17.1 Å². The van der Waals surface area contributed by atoms with Crippen molar-refractivity contribution in [1.82, 2.24) is 15.3 Å². The van der Waals surface area contributed by atoms with Gasteiger partial charge in [-0.05, 0) is 43.5 Å². The molecule has 4 rings (SSSR count). The molecule has 1 aliphatic heterocycles. The van der Waals surface area contributed by atoms with E-state index in [9.17, 15) is 15.0 Å². The van der Waals surface area contributed by atoms with Gasteiger partial charge in [0.05, 0.1) is 11.1 Å². The van der Waals surface area contributed by atoms with Crippen molar-refractivity contribution in [2.45, 2.75) is 38.3 Å². The number of nitrogens with zero attached hydrogens (tertiary/aromatic N) is 3. The van der Waals surface area contributed by atoms with Crippen LogP contribution in [0.3, 0.4) is 0 Å². The zero-order chi connectivity index (χ0) is 21.1. The molecule has 3 aromatic rings. The number of rotatable bonds is 5. The molecule has 0 aliphatic carbocycles. The standard InChI is InChI=1S/C23H26N4O3.H2/c1-2-19(28)23(30)24-15-11-13-27(14-12-15)22-16-7-3-5-9-18(16)25-21(26-22)17-8-4-6-10-20(17)29;/h3-10,15,19,28-29H,2,11-14H2,1H3,(H,24,30);1H/t19-;/m0./s1. The molecule has 7 nitrogen and oxygen atoms in total. The number of fused-ring (bicyclic) bond motifs is 1. The molecule has 30 heavy (non-hydrogen) atoms. The number of aromatic nitrogens is 2. The van der Waals surface area contributed by atoms with Gasteiger partial charge in [0.25, 0.3) is 0 Å². The Labute approximate surface area is 176 Å². The average molecular weight is 409 g/mol. The number of carbonyl (C=O) groups excluding carboxylic acids is 1. The van der Waals surface area contributed by atoms with Crippen molar-refractivity contribution >= 4 is 22.6 Å². The maximum atomic E-state index is 12.0. The van der Waals surface area contributed by atoms with Crippen molar-refractivity contribution in [3.05, 3.63) is 48.5 Å². The SMILES string of the molecule is CC[C@H](O)C(=O)NC1CCN(c2nc(-c3ccccc3O)nc3ccccc23)CC1.[HH]. The van der Waals surface area contributed by atoms with Gasteiger partial charge in [-0.15, -0.1) is 0 Å². The number of carbonyl (C=O) groups is 1. The Morgan fingerprint density at radius 1 is 1.17 bits per heavy atom. The van der Waals surface area contributed by atoms with E-state index in [0.717, 1.165) is 42.7 Å². The second kappa shape index (κ2) is 8.67. The average Bonchev–Trinajstić information content (AvgIpc) is 2.78. The second-order valence-electron chi connectivity index (χ2n) is 7.60. The number of aromatic hydroxyl groups is 1. The van der Waals surface area contributed by atoms with E-state index in [1.54, 1.807) is 19.1 Å². The quantitative estimate of drug-likeness (QED) is 0.600. The highest BCUT2D eigenvalue weighted by Gasteiger charge is 2.25. The van der Waals surface area contributed by atoms with E-state index in [4.69, 9.17) is 4.98 Å². The predicted octanol–water partition coefficient (Wildman–Crippen LogP) is 3.10. The predicted molar refractivity (Wildman–Crippen MR) is 118 cm³/mol. The second-order valence-corrected chi connectivity index (χ2v) is 7.60. The molecule has 0 radical (unpaired) electrons. The number of anilines is 1. The smallest absolute Gasteiger partial charge is 0.249 e. The molecule has 0 spiro atoms. The summed E-state index contributed by atoms with van der Waals surface area (Å²) in [5.74, 6) is 1.17. The molecule has 2 heterocycles. The molecule has 2 aromatic carbocycles. The number of para-hydroxylation sites is 2. The number of hydrogen-bond acceptors (Lipinski definition) is 6. The zero-order valence-corrected chi connectivity index (χ0v) is 17.0. The molecule has 7 heteroatoms. The van der Waals surface area contributed by atoms with Crippen LogP contribution in [-0.2, 0) is 4.79 Å². The van der Waals surface area contributed by atoms with E-state index in [1.165, 1.54) is 0 Å². The summed E-state index contributed by atoms with van der Waals surface area (Å²) in [6, 6.07) is 15.0. The summed E-state index contributed by atoms with van der Waals surface area (Å²) >= 11 is 0. The zero-order valence-electron chi connectivity index (χ0n) is 17.0. The first kappa shape index (κ1) is 20.1. The molecular weight excluding hydrogens is 380 g/mol. The molecule has 1 saturated heterocycles. The maximum Gasteiger partial charge on any atom is 0.249 e. The summed E-state index contributed by atoms with van der Waals surface area (Å²) in [5, 5.41) is 23.9. The fourth-order valence-electron chi connectivity index (χ4n) is 3.80. The van der Waals surface area contributed by atoms with E-state index in [1.807, 2.05) is 36.4 Å². The van der Waals surface area contributed by atoms with Crippen LogP contribution < -0.4 is 10.2 Å². The van der Waals surface area contributed by atoms with E-state index in [2.05, 4.69) is 15.2 Å². The van der Waals surface area contributed by atoms with E-state index in [-0.39, 0.29) is 19.1 Å². The van der Waals surface area contributed by atoms with Crippen LogP contribution in [-0.4, -0.2) is 51.3 Å². The van der Waals surface area contributed by atoms with Crippen molar-refractivity contribution < 1.29 is 16.4 Å². The van der Waals surface area contributed by atoms with Crippen LogP contribution in [0.1, 0.15) is 27.6 Å². The number of phenolic OH excluding ortho intramolecular Hbond substituents is 1. The monoisotopic (exact) mass is 408 g/mol. The third-order valence-corrected chi connectivity index (χ3v) is 5.56. The molecule has 1 amide bonds. The van der Waals surface area contributed by atoms with Gasteiger partial charge in [-0.1, -0.05) is 31.2 Å². The minimum absolute atomic E-state index is 0. The lowest BCUT2D eigenvalue weighted by atomic mass is 10.0. The number of aliphatic hydroxyl groups is 1. The van der Waals surface area contributed by atoms with Gasteiger partial charge in [0, 0.05) is 25.9 Å². The van der Waals surface area contributed by atoms with Crippen LogP contribution in [0.25, 0.3) is 22.3 Å². The largest absolute Gasteiger partial charge is 0.507 e. The molecule has 1 fully saturated rings. The Bertz CT molecular complexity index is 1050. The van der Waals surface area contributed by atoms with Gasteiger partial charge < -0.3 is 20.4 Å². The first-order valence-corrected chi connectivity index (χ1v) is 10.4. The molecule has 0 bridgehead atoms. The third kappa shape index (κ3) is 4.07. The fraction of sp³-hybridized carbons (Fsp3) is 0.348. The Morgan fingerprint density at radius 3 is 2.60 bits per heavy atom. The van der Waals surface area contributed by atoms with Crippen LogP contribution in [0.5, 0.6) is 5.75 Å². The topological polar surface area (TPSA) is 98.6 Å². The molecule has 0 saturated carbocycles. The number of amides is 1.